The molecule has 0 spiro atoms. The minimum absolute atomic E-state index is 0.0278. The molecule has 0 unspecified atom stereocenters. The number of fused-ring (bicyclic) bond motifs is 1. The number of amides is 1. The number of carbonyl (C=O) groups excluding carboxylic acids is 1. The van der Waals surface area contributed by atoms with Crippen LogP contribution in [-0.2, 0) is 13.1 Å². The van der Waals surface area contributed by atoms with Gasteiger partial charge in [-0.25, -0.2) is 8.78 Å². The number of hydrogen-bond donors (Lipinski definition) is 4. The van der Waals surface area contributed by atoms with Crippen molar-refractivity contribution >= 4 is 22.6 Å². The Morgan fingerprint density at radius 2 is 1.72 bits per heavy atom. The maximum absolute atomic E-state index is 13.4. The molecular formula is C24H20F2N4O2. The molecular weight excluding hydrogens is 414 g/mol. The Morgan fingerprint density at radius 1 is 1.00 bits per heavy atom. The molecule has 6 nitrogen and oxygen atoms in total. The Bertz CT molecular complexity index is 1330. The average Bonchev–Trinajstić information content (AvgIpc) is 3.11. The lowest BCUT2D eigenvalue weighted by Crippen LogP contribution is -2.25. The zero-order chi connectivity index (χ0) is 22.8. The van der Waals surface area contributed by atoms with Crippen LogP contribution in [0.25, 0.3) is 10.9 Å². The highest BCUT2D eigenvalue weighted by atomic mass is 19.1. The van der Waals surface area contributed by atoms with Gasteiger partial charge in [-0.3, -0.25) is 10.2 Å². The van der Waals surface area contributed by atoms with E-state index in [2.05, 4.69) is 5.32 Å². The molecule has 1 heterocycles. The van der Waals surface area contributed by atoms with Gasteiger partial charge in [-0.15, -0.1) is 0 Å². The smallest absolute Gasteiger partial charge is 0.268 e. The summed E-state index contributed by atoms with van der Waals surface area (Å²) in [6.45, 7) is 0.215. The van der Waals surface area contributed by atoms with Crippen LogP contribution in [0.4, 0.5) is 8.78 Å². The predicted molar refractivity (Wildman–Crippen MR) is 118 cm³/mol. The molecule has 162 valence electrons. The molecule has 0 bridgehead atoms. The summed E-state index contributed by atoms with van der Waals surface area (Å²) in [6, 6.07) is 16.7. The van der Waals surface area contributed by atoms with E-state index in [9.17, 15) is 18.7 Å². The number of benzene rings is 3. The number of carbonyl (C=O) groups is 1. The van der Waals surface area contributed by atoms with Crippen molar-refractivity contribution in [2.75, 3.05) is 0 Å². The summed E-state index contributed by atoms with van der Waals surface area (Å²) in [7, 11) is 0. The first-order chi connectivity index (χ1) is 15.3. The van der Waals surface area contributed by atoms with Crippen molar-refractivity contribution in [1.82, 2.24) is 9.88 Å². The highest BCUT2D eigenvalue weighted by molar-refractivity contribution is 6.00. The third kappa shape index (κ3) is 4.29. The lowest BCUT2D eigenvalue weighted by atomic mass is 10.1. The number of nitrogens with two attached hydrogens (primary N) is 1. The van der Waals surface area contributed by atoms with Gasteiger partial charge in [-0.1, -0.05) is 24.3 Å². The summed E-state index contributed by atoms with van der Waals surface area (Å²) in [5.74, 6) is -1.95. The number of nitrogen functional groups attached to an aromatic ring is 1. The van der Waals surface area contributed by atoms with Gasteiger partial charge in [-0.05, 0) is 47.5 Å². The fourth-order valence-electron chi connectivity index (χ4n) is 3.63. The Kier molecular flexibility index (Phi) is 5.59. The molecule has 8 heteroatoms. The second-order valence-electron chi connectivity index (χ2n) is 7.40. The van der Waals surface area contributed by atoms with E-state index in [-0.39, 0.29) is 35.9 Å². The molecule has 0 fully saturated rings. The van der Waals surface area contributed by atoms with Gasteiger partial charge >= 0.3 is 0 Å². The summed E-state index contributed by atoms with van der Waals surface area (Å²) < 4.78 is 28.6. The van der Waals surface area contributed by atoms with Gasteiger partial charge in [0.25, 0.3) is 5.91 Å². The van der Waals surface area contributed by atoms with E-state index in [4.69, 9.17) is 11.1 Å². The van der Waals surface area contributed by atoms with Gasteiger partial charge in [0.15, 0.2) is 0 Å². The highest BCUT2D eigenvalue weighted by Gasteiger charge is 2.18. The van der Waals surface area contributed by atoms with Gasteiger partial charge in [0, 0.05) is 30.1 Å². The van der Waals surface area contributed by atoms with Gasteiger partial charge in [0.1, 0.15) is 28.9 Å². The summed E-state index contributed by atoms with van der Waals surface area (Å²) in [5.41, 5.74) is 8.14. The van der Waals surface area contributed by atoms with Crippen molar-refractivity contribution in [2.24, 2.45) is 5.73 Å². The van der Waals surface area contributed by atoms with Crippen LogP contribution in [0.3, 0.4) is 0 Å². The number of rotatable bonds is 6. The monoisotopic (exact) mass is 434 g/mol. The molecule has 0 saturated carbocycles. The second kappa shape index (κ2) is 8.50. The van der Waals surface area contributed by atoms with Crippen LogP contribution in [0.2, 0.25) is 0 Å². The fraction of sp³-hybridized carbons (Fsp3) is 0.0833. The number of phenols is 1. The number of nitrogens with zero attached hydrogens (tertiary/aromatic N) is 1. The van der Waals surface area contributed by atoms with Crippen LogP contribution in [0.15, 0.2) is 66.7 Å². The van der Waals surface area contributed by atoms with Gasteiger partial charge in [0.2, 0.25) is 0 Å². The normalized spacial score (nSPS) is 10.9. The summed E-state index contributed by atoms with van der Waals surface area (Å²) >= 11 is 0. The van der Waals surface area contributed by atoms with Crippen molar-refractivity contribution in [3.63, 3.8) is 0 Å². The Balaban J connectivity index is 1.69. The number of hydrogen-bond acceptors (Lipinski definition) is 3. The zero-order valence-corrected chi connectivity index (χ0v) is 16.9. The molecule has 32 heavy (non-hydrogen) atoms. The maximum Gasteiger partial charge on any atom is 0.268 e. The molecule has 1 amide bonds. The lowest BCUT2D eigenvalue weighted by molar-refractivity contribution is 0.0942. The maximum atomic E-state index is 13.4. The highest BCUT2D eigenvalue weighted by Crippen LogP contribution is 2.29. The van der Waals surface area contributed by atoms with Crippen LogP contribution in [-0.4, -0.2) is 21.4 Å². The number of phenolic OH excluding ortho intramolecular Hbond substituents is 1. The molecule has 0 aliphatic heterocycles. The molecule has 0 atom stereocenters. The standard InChI is InChI=1S/C24H20F2N4O2/c25-17-8-15(9-18(26)10-17)12-29-24(32)21-11-19-20(5-2-6-22(19)31)30(21)13-14-3-1-4-16(7-14)23(27)28/h1-11,31H,12-13H2,(H3,27,28)(H,29,32). The minimum Gasteiger partial charge on any atom is -0.507 e. The molecule has 0 aliphatic carbocycles. The van der Waals surface area contributed by atoms with Crippen molar-refractivity contribution in [3.8, 4) is 5.75 Å². The van der Waals surface area contributed by atoms with E-state index in [0.29, 0.717) is 16.5 Å². The first-order valence-corrected chi connectivity index (χ1v) is 9.79. The molecule has 1 aromatic heterocycles. The SMILES string of the molecule is N=C(N)c1cccc(Cn2c(C(=O)NCc3cc(F)cc(F)c3)cc3c(O)cccc32)c1. The number of nitrogens with one attached hydrogen (secondary N) is 2. The topological polar surface area (TPSA) is 104 Å². The summed E-state index contributed by atoms with van der Waals surface area (Å²) in [4.78, 5) is 13.0. The lowest BCUT2D eigenvalue weighted by Gasteiger charge is -2.12. The summed E-state index contributed by atoms with van der Waals surface area (Å²) in [5, 5.41) is 21.1. The number of amidine groups is 1. The molecule has 0 saturated heterocycles. The van der Waals surface area contributed by atoms with E-state index in [1.807, 2.05) is 6.07 Å². The minimum atomic E-state index is -0.723. The van der Waals surface area contributed by atoms with Crippen molar-refractivity contribution in [2.45, 2.75) is 13.1 Å². The molecule has 3 aromatic carbocycles. The van der Waals surface area contributed by atoms with E-state index in [0.717, 1.165) is 23.8 Å². The molecule has 4 rings (SSSR count). The van der Waals surface area contributed by atoms with Crippen LogP contribution >= 0.6 is 0 Å². The first-order valence-electron chi connectivity index (χ1n) is 9.79. The van der Waals surface area contributed by atoms with Gasteiger partial charge in [-0.2, -0.15) is 0 Å². The van der Waals surface area contributed by atoms with E-state index >= 15 is 0 Å². The quantitative estimate of drug-likeness (QED) is 0.273. The van der Waals surface area contributed by atoms with Crippen LogP contribution < -0.4 is 11.1 Å². The Morgan fingerprint density at radius 3 is 2.44 bits per heavy atom. The van der Waals surface area contributed by atoms with E-state index in [1.165, 1.54) is 6.07 Å². The fourth-order valence-corrected chi connectivity index (χ4v) is 3.63. The largest absolute Gasteiger partial charge is 0.507 e. The first kappa shape index (κ1) is 21.0. The number of aromatic nitrogens is 1. The van der Waals surface area contributed by atoms with Crippen molar-refractivity contribution in [3.05, 3.63) is 101 Å². The second-order valence-corrected chi connectivity index (χ2v) is 7.40. The zero-order valence-electron chi connectivity index (χ0n) is 16.9. The number of halogens is 2. The van der Waals surface area contributed by atoms with E-state index < -0.39 is 17.5 Å². The number of aromatic hydroxyl groups is 1. The van der Waals surface area contributed by atoms with Gasteiger partial charge in [0.05, 0.1) is 5.52 Å². The molecule has 0 aliphatic rings. The predicted octanol–water partition coefficient (Wildman–Crippen LogP) is 3.89. The Hall–Kier alpha value is -4.20. The Labute approximate surface area is 182 Å². The average molecular weight is 434 g/mol. The van der Waals surface area contributed by atoms with Crippen LogP contribution in [0, 0.1) is 17.0 Å². The third-order valence-electron chi connectivity index (χ3n) is 5.11. The van der Waals surface area contributed by atoms with Crippen molar-refractivity contribution in [1.29, 1.82) is 5.41 Å². The summed E-state index contributed by atoms with van der Waals surface area (Å²) in [6.07, 6.45) is 0. The molecule has 4 aromatic rings. The van der Waals surface area contributed by atoms with Crippen molar-refractivity contribution < 1.29 is 18.7 Å². The molecule has 5 N–H and O–H groups in total. The van der Waals surface area contributed by atoms with E-state index in [1.54, 1.807) is 41.0 Å². The van der Waals surface area contributed by atoms with Crippen LogP contribution in [0.1, 0.15) is 27.2 Å². The molecule has 0 radical (unpaired) electrons. The van der Waals surface area contributed by atoms with Crippen LogP contribution in [0.5, 0.6) is 5.75 Å². The van der Waals surface area contributed by atoms with Gasteiger partial charge < -0.3 is 20.7 Å². The third-order valence-corrected chi connectivity index (χ3v) is 5.11.